The van der Waals surface area contributed by atoms with Crippen LogP contribution in [0.5, 0.6) is 0 Å². The molecule has 0 bridgehead atoms. The van der Waals surface area contributed by atoms with E-state index in [2.05, 4.69) is 4.74 Å². The number of likely N-dealkylation sites (N-methyl/N-ethyl adjacent to an activating group) is 1. The quantitative estimate of drug-likeness (QED) is 0.0714. The highest BCUT2D eigenvalue weighted by atomic mass is 16.7. The molecular formula is C52H87NO24. The van der Waals surface area contributed by atoms with Crippen LogP contribution in [0.4, 0.5) is 0 Å². The van der Waals surface area contributed by atoms with E-state index >= 15 is 0 Å². The molecule has 0 amide bonds. The van der Waals surface area contributed by atoms with Crippen LogP contribution >= 0.6 is 0 Å². The molecule has 0 saturated carbocycles. The lowest BCUT2D eigenvalue weighted by Crippen LogP contribution is -2.65. The van der Waals surface area contributed by atoms with Gasteiger partial charge in [-0.05, 0) is 73.5 Å². The summed E-state index contributed by atoms with van der Waals surface area (Å²) in [5.74, 6) is -5.11. The first-order chi connectivity index (χ1) is 36.0. The van der Waals surface area contributed by atoms with Crippen LogP contribution in [0.1, 0.15) is 87.5 Å². The number of ketones is 1. The minimum atomic E-state index is -1.81. The van der Waals surface area contributed by atoms with E-state index in [4.69, 9.17) is 68.2 Å². The van der Waals surface area contributed by atoms with Gasteiger partial charge in [0.1, 0.15) is 67.3 Å². The summed E-state index contributed by atoms with van der Waals surface area (Å²) in [5.41, 5.74) is -0.806. The fraction of sp³-hybridized carbons (Fsp3) is 0.846. The van der Waals surface area contributed by atoms with E-state index in [1.807, 2.05) is 19.9 Å². The Hall–Kier alpha value is -3.00. The Morgan fingerprint density at radius 1 is 0.792 bits per heavy atom. The number of methoxy groups -OCH3 is 2. The Morgan fingerprint density at radius 2 is 1.43 bits per heavy atom. The Kier molecular flexibility index (Phi) is 25.6. The lowest BCUT2D eigenvalue weighted by atomic mass is 9.79. The molecule has 4 fully saturated rings. The maximum atomic E-state index is 13.8. The Bertz CT molecular complexity index is 1940. The number of esters is 1. The second-order valence-corrected chi connectivity index (χ2v) is 21.5. The van der Waals surface area contributed by atoms with Crippen LogP contribution in [0.25, 0.3) is 0 Å². The number of carbonyl (C=O) groups is 4. The molecule has 1 unspecified atom stereocenters. The lowest BCUT2D eigenvalue weighted by molar-refractivity contribution is -0.341. The summed E-state index contributed by atoms with van der Waals surface area (Å²) < 4.78 is 59.0. The van der Waals surface area contributed by atoms with Crippen LogP contribution < -0.4 is 0 Å². The highest BCUT2D eigenvalue weighted by Crippen LogP contribution is 2.38. The third-order valence-corrected chi connectivity index (χ3v) is 15.2. The second kappa shape index (κ2) is 29.6. The molecule has 5 aliphatic rings. The first kappa shape index (κ1) is 66.5. The van der Waals surface area contributed by atoms with Gasteiger partial charge in [0.05, 0.1) is 55.2 Å². The first-order valence-corrected chi connectivity index (χ1v) is 26.2. The van der Waals surface area contributed by atoms with Crippen molar-refractivity contribution in [2.75, 3.05) is 34.9 Å². The number of aliphatic carboxylic acids is 1. The van der Waals surface area contributed by atoms with Crippen LogP contribution in [0.3, 0.4) is 0 Å². The summed E-state index contributed by atoms with van der Waals surface area (Å²) in [7, 11) is 6.43. The number of cyclic esters (lactones) is 1. The van der Waals surface area contributed by atoms with Gasteiger partial charge in [-0.3, -0.25) is 9.59 Å². The van der Waals surface area contributed by atoms with Crippen molar-refractivity contribution in [3.8, 4) is 0 Å². The largest absolute Gasteiger partial charge is 0.479 e. The molecule has 0 radical (unpaired) electrons. The number of aliphatic hydroxyl groups is 9. The van der Waals surface area contributed by atoms with Crippen molar-refractivity contribution < 1.29 is 118 Å². The number of ether oxygens (including phenoxy) is 10. The average molecular weight is 1110 g/mol. The van der Waals surface area contributed by atoms with Crippen LogP contribution in [-0.4, -0.2) is 249 Å². The predicted molar refractivity (Wildman–Crippen MR) is 267 cm³/mol. The number of hydrogen-bond donors (Lipinski definition) is 10. The van der Waals surface area contributed by atoms with Crippen LogP contribution in [0.2, 0.25) is 0 Å². The highest BCUT2D eigenvalue weighted by molar-refractivity contribution is 5.91. The van der Waals surface area contributed by atoms with E-state index in [1.54, 1.807) is 59.7 Å². The number of aldehydes is 1. The summed E-state index contributed by atoms with van der Waals surface area (Å²) in [4.78, 5) is 51.9. The molecule has 25 nitrogen and oxygen atoms in total. The molecule has 10 N–H and O–H groups in total. The molecular weight excluding hydrogens is 1020 g/mol. The molecule has 0 aliphatic carbocycles. The van der Waals surface area contributed by atoms with E-state index < -0.39 is 176 Å². The lowest BCUT2D eigenvalue weighted by Gasteiger charge is -2.50. The zero-order chi connectivity index (χ0) is 58.0. The number of hydrogen-bond acceptors (Lipinski definition) is 24. The molecule has 26 atom stereocenters. The molecule has 0 aromatic carbocycles. The Balaban J connectivity index is 0.000000857. The highest BCUT2D eigenvalue weighted by Gasteiger charge is 2.52. The summed E-state index contributed by atoms with van der Waals surface area (Å²) in [5, 5.41) is 100. The fourth-order valence-corrected chi connectivity index (χ4v) is 10.6. The number of rotatable bonds is 14. The van der Waals surface area contributed by atoms with Gasteiger partial charge in [-0.25, -0.2) is 4.79 Å². The number of carbonyl (C=O) groups excluding carboxylic acids is 3. The third kappa shape index (κ3) is 17.0. The van der Waals surface area contributed by atoms with Crippen molar-refractivity contribution in [2.24, 2.45) is 23.7 Å². The topological polar surface area (TPSA) is 366 Å². The molecule has 5 heterocycles. The minimum absolute atomic E-state index is 0.00788. The van der Waals surface area contributed by atoms with Gasteiger partial charge >= 0.3 is 11.9 Å². The number of carboxylic acid groups (broad SMARTS) is 1. The summed E-state index contributed by atoms with van der Waals surface area (Å²) in [6.45, 7) is 13.6. The zero-order valence-corrected chi connectivity index (χ0v) is 46.1. The van der Waals surface area contributed by atoms with Gasteiger partial charge in [-0.15, -0.1) is 0 Å². The average Bonchev–Trinajstić information content (AvgIpc) is 3.36. The first-order valence-electron chi connectivity index (χ1n) is 26.2. The maximum absolute atomic E-state index is 13.8. The molecule has 5 aliphatic heterocycles. The van der Waals surface area contributed by atoms with Crippen molar-refractivity contribution in [1.29, 1.82) is 0 Å². The van der Waals surface area contributed by atoms with E-state index in [1.165, 1.54) is 27.2 Å². The van der Waals surface area contributed by atoms with Crippen LogP contribution in [0, 0.1) is 23.7 Å². The molecule has 444 valence electrons. The van der Waals surface area contributed by atoms with E-state index in [0.29, 0.717) is 12.0 Å². The normalized spacial score (nSPS) is 45.9. The van der Waals surface area contributed by atoms with E-state index in [9.17, 15) is 44.7 Å². The summed E-state index contributed by atoms with van der Waals surface area (Å²) in [6, 6.07) is -0.748. The van der Waals surface area contributed by atoms with Gasteiger partial charge < -0.3 is 108 Å². The van der Waals surface area contributed by atoms with Gasteiger partial charge in [-0.2, -0.15) is 0 Å². The molecule has 0 aromatic rings. The van der Waals surface area contributed by atoms with Gasteiger partial charge in [0, 0.05) is 44.8 Å². The number of carboxylic acids is 1. The smallest absolute Gasteiger partial charge is 0.335 e. The molecule has 25 heteroatoms. The van der Waals surface area contributed by atoms with Crippen LogP contribution in [-0.2, 0) is 66.5 Å². The standard InChI is InChI=1S/C46H77NO17.C6H10O7/c1-13-33-30(22-58-45-42(57-12)41(56-11)37(52)26(5)60-45)18-23(2)14-15-31(49)24(3)19-29(16-17-48)39(25(4)32(50)20-34(51)62-33)64-44-38(53)36(47(9)10)40(27(6)61-44)63-35-21-46(8,55)43(54)28(7)59-35;7-1-2(8)4(5(10)11)13-6(12)3(1)9/h14-15,17-18,24-30,32-33,35-45,50,52-55H,13,16,19-22H2,1-12H3;1-4,6-9,12H,(H,10,11)/b15-14+,23-18+;/t24-,25+,26-,27-,28+,29+,30?,32-,33-,35+,36-,37-,38-,39-,40-,41-,42-,43+,44-,45-,46-;1-,2-,3+,4-,6+/m10/s1. The Morgan fingerprint density at radius 3 is 2.00 bits per heavy atom. The predicted octanol–water partition coefficient (Wildman–Crippen LogP) is -1.30. The second-order valence-electron chi connectivity index (χ2n) is 21.5. The molecule has 77 heavy (non-hydrogen) atoms. The molecule has 5 rings (SSSR count). The molecule has 0 spiro atoms. The SMILES string of the molecule is CC[C@H]1OC(=O)C[C@@H](O)[C@H](C)[C@@H](O[C@H]2O[C@H](C)[C@@H](O[C@H]3C[C@@](C)(O)[C@@H](O)[C@H](C)O3)[C@H](N(C)C)[C@H]2O)[C@@H](CC=O)C[C@@H](C)C(=O)/C=C/C(C)=C/C1CO[C@@H]1O[C@H](C)[C@@H](O)[C@@H](OC)[C@H]1OC.O=C(O)[C@H]1O[C@@H](O)[C@H](O)[C@@H](O)[C@@H]1O. The fourth-order valence-electron chi connectivity index (χ4n) is 10.6. The minimum Gasteiger partial charge on any atom is -0.479 e. The molecule has 0 aromatic heterocycles. The van der Waals surface area contributed by atoms with Gasteiger partial charge in [0.2, 0.25) is 0 Å². The van der Waals surface area contributed by atoms with Crippen molar-refractivity contribution in [2.45, 2.75) is 222 Å². The van der Waals surface area contributed by atoms with Gasteiger partial charge in [0.15, 0.2) is 37.0 Å². The summed E-state index contributed by atoms with van der Waals surface area (Å²) >= 11 is 0. The van der Waals surface area contributed by atoms with Crippen LogP contribution in [0.15, 0.2) is 23.8 Å². The van der Waals surface area contributed by atoms with Crippen molar-refractivity contribution >= 4 is 24.0 Å². The molecule has 4 saturated heterocycles. The van der Waals surface area contributed by atoms with Crippen molar-refractivity contribution in [3.05, 3.63) is 23.8 Å². The van der Waals surface area contributed by atoms with Crippen molar-refractivity contribution in [3.63, 3.8) is 0 Å². The van der Waals surface area contributed by atoms with Gasteiger partial charge in [0.25, 0.3) is 0 Å². The van der Waals surface area contributed by atoms with Crippen molar-refractivity contribution in [1.82, 2.24) is 4.90 Å². The Labute approximate surface area is 449 Å². The number of nitrogens with zero attached hydrogens (tertiary/aromatic N) is 1. The van der Waals surface area contributed by atoms with Gasteiger partial charge in [-0.1, -0.05) is 38.5 Å². The summed E-state index contributed by atoms with van der Waals surface area (Å²) in [6.07, 6.45) is -17.2. The third-order valence-electron chi connectivity index (χ3n) is 15.2. The monoisotopic (exact) mass is 1110 g/mol. The number of aliphatic hydroxyl groups excluding tert-OH is 8. The zero-order valence-electron chi connectivity index (χ0n) is 46.1. The number of allylic oxidation sites excluding steroid dienone is 3. The van der Waals surface area contributed by atoms with E-state index in [-0.39, 0.29) is 31.7 Å². The van der Waals surface area contributed by atoms with E-state index in [0.717, 1.165) is 6.29 Å². The maximum Gasteiger partial charge on any atom is 0.335 e.